The Morgan fingerprint density at radius 1 is 1.29 bits per heavy atom. The third-order valence-corrected chi connectivity index (χ3v) is 5.11. The van der Waals surface area contributed by atoms with Crippen molar-refractivity contribution in [1.82, 2.24) is 24.6 Å². The van der Waals surface area contributed by atoms with Gasteiger partial charge in [-0.1, -0.05) is 6.42 Å². The van der Waals surface area contributed by atoms with Crippen molar-refractivity contribution in [3.8, 4) is 5.82 Å². The molecule has 3 rings (SSSR count). The van der Waals surface area contributed by atoms with Crippen molar-refractivity contribution in [1.29, 1.82) is 0 Å². The Labute approximate surface area is 129 Å². The normalized spacial score (nSPS) is 19.8. The average Bonchev–Trinajstić information content (AvgIpc) is 2.93. The van der Waals surface area contributed by atoms with Crippen LogP contribution in [0.4, 0.5) is 0 Å². The summed E-state index contributed by atoms with van der Waals surface area (Å²) in [7, 11) is 2.22. The van der Waals surface area contributed by atoms with E-state index in [2.05, 4.69) is 33.2 Å². The summed E-state index contributed by atoms with van der Waals surface area (Å²) in [6.45, 7) is 3.18. The first kappa shape index (κ1) is 14.5. The van der Waals surface area contributed by atoms with Gasteiger partial charge in [-0.15, -0.1) is 22.0 Å². The Kier molecular flexibility index (Phi) is 4.55. The number of aromatic nitrogens is 4. The molecule has 1 aliphatic rings. The topological polar surface area (TPSA) is 46.8 Å². The fraction of sp³-hybridized carbons (Fsp3) is 0.533. The first-order chi connectivity index (χ1) is 10.2. The van der Waals surface area contributed by atoms with Crippen molar-refractivity contribution in [2.45, 2.75) is 37.3 Å². The lowest BCUT2D eigenvalue weighted by Gasteiger charge is -2.31. The van der Waals surface area contributed by atoms with E-state index in [0.717, 1.165) is 22.4 Å². The Bertz CT molecular complexity index is 580. The van der Waals surface area contributed by atoms with E-state index in [1.807, 2.05) is 23.8 Å². The van der Waals surface area contributed by atoms with Crippen LogP contribution in [0, 0.1) is 6.92 Å². The largest absolute Gasteiger partial charge is 0.303 e. The lowest BCUT2D eigenvalue weighted by atomic mass is 10.1. The molecular weight excluding hydrogens is 282 g/mol. The van der Waals surface area contributed by atoms with Gasteiger partial charge in [0.2, 0.25) is 0 Å². The Morgan fingerprint density at radius 3 is 2.86 bits per heavy atom. The number of hydrogen-bond acceptors (Lipinski definition) is 5. The van der Waals surface area contributed by atoms with E-state index in [0.29, 0.717) is 6.04 Å². The maximum atomic E-state index is 4.33. The van der Waals surface area contributed by atoms with Crippen molar-refractivity contribution in [3.63, 3.8) is 0 Å². The van der Waals surface area contributed by atoms with Crippen molar-refractivity contribution in [3.05, 3.63) is 30.4 Å². The predicted molar refractivity (Wildman–Crippen MR) is 84.9 cm³/mol. The second-order valence-electron chi connectivity index (χ2n) is 5.52. The van der Waals surface area contributed by atoms with Crippen LogP contribution in [-0.4, -0.2) is 50.0 Å². The molecule has 1 aliphatic heterocycles. The molecule has 5 nitrogen and oxygen atoms in total. The molecule has 2 aromatic rings. The monoisotopic (exact) mass is 303 g/mol. The molecule has 112 valence electrons. The molecule has 21 heavy (non-hydrogen) atoms. The Morgan fingerprint density at radius 2 is 2.19 bits per heavy atom. The number of piperidine rings is 1. The molecule has 3 heterocycles. The quantitative estimate of drug-likeness (QED) is 0.812. The number of hydrogen-bond donors (Lipinski definition) is 0. The Balaban J connectivity index is 1.61. The summed E-state index contributed by atoms with van der Waals surface area (Å²) in [4.78, 5) is 6.67. The van der Waals surface area contributed by atoms with Crippen LogP contribution >= 0.6 is 11.8 Å². The molecule has 1 saturated heterocycles. The van der Waals surface area contributed by atoms with Gasteiger partial charge in [-0.05, 0) is 45.5 Å². The summed E-state index contributed by atoms with van der Waals surface area (Å²) in [6.07, 6.45) is 7.65. The minimum absolute atomic E-state index is 0.668. The van der Waals surface area contributed by atoms with E-state index in [4.69, 9.17) is 0 Å². The van der Waals surface area contributed by atoms with Gasteiger partial charge in [-0.25, -0.2) is 4.98 Å². The number of imidazole rings is 1. The van der Waals surface area contributed by atoms with Gasteiger partial charge < -0.3 is 4.90 Å². The zero-order valence-electron chi connectivity index (χ0n) is 12.6. The number of nitrogens with zero attached hydrogens (tertiary/aromatic N) is 5. The Hall–Kier alpha value is -1.40. The summed E-state index contributed by atoms with van der Waals surface area (Å²) < 4.78 is 1.94. The van der Waals surface area contributed by atoms with Crippen LogP contribution in [-0.2, 0) is 0 Å². The van der Waals surface area contributed by atoms with E-state index in [9.17, 15) is 0 Å². The molecule has 0 aromatic carbocycles. The van der Waals surface area contributed by atoms with Crippen LogP contribution in [0.3, 0.4) is 0 Å². The fourth-order valence-corrected chi connectivity index (χ4v) is 3.72. The minimum Gasteiger partial charge on any atom is -0.303 e. The lowest BCUT2D eigenvalue weighted by molar-refractivity contribution is 0.204. The van der Waals surface area contributed by atoms with Gasteiger partial charge >= 0.3 is 0 Å². The van der Waals surface area contributed by atoms with Crippen LogP contribution in [0.5, 0.6) is 0 Å². The minimum atomic E-state index is 0.668. The predicted octanol–water partition coefficient (Wildman–Crippen LogP) is 2.55. The summed E-state index contributed by atoms with van der Waals surface area (Å²) in [5, 5.41) is 9.63. The molecule has 0 N–H and O–H groups in total. The number of thioether (sulfide) groups is 1. The van der Waals surface area contributed by atoms with Gasteiger partial charge in [0.25, 0.3) is 0 Å². The summed E-state index contributed by atoms with van der Waals surface area (Å²) in [5.41, 5.74) is 0. The molecule has 0 saturated carbocycles. The molecule has 0 amide bonds. The van der Waals surface area contributed by atoms with Crippen LogP contribution in [0.1, 0.15) is 25.1 Å². The van der Waals surface area contributed by atoms with Crippen molar-refractivity contribution >= 4 is 11.8 Å². The molecule has 0 spiro atoms. The van der Waals surface area contributed by atoms with Crippen LogP contribution in [0.25, 0.3) is 5.82 Å². The first-order valence-corrected chi connectivity index (χ1v) is 8.39. The van der Waals surface area contributed by atoms with Crippen LogP contribution < -0.4 is 0 Å². The highest BCUT2D eigenvalue weighted by molar-refractivity contribution is 7.99. The number of aryl methyl sites for hydroxylation is 1. The molecule has 1 fully saturated rings. The molecule has 0 radical (unpaired) electrons. The van der Waals surface area contributed by atoms with Gasteiger partial charge in [0.15, 0.2) is 5.82 Å². The molecule has 1 unspecified atom stereocenters. The van der Waals surface area contributed by atoms with E-state index in [1.54, 1.807) is 18.0 Å². The highest BCUT2D eigenvalue weighted by atomic mass is 32.2. The smallest absolute Gasteiger partial charge is 0.160 e. The molecule has 1 atom stereocenters. The molecule has 2 aromatic heterocycles. The number of likely N-dealkylation sites (tertiary alicyclic amines) is 1. The second kappa shape index (κ2) is 6.58. The standard InChI is InChI=1S/C15H21N5S/c1-12-16-8-10-20(12)14-6-7-15(18-17-14)21-11-13-5-3-4-9-19(13)2/h6-8,10,13H,3-5,9,11H2,1-2H3. The number of rotatable bonds is 4. The fourth-order valence-electron chi connectivity index (χ4n) is 2.67. The van der Waals surface area contributed by atoms with E-state index < -0.39 is 0 Å². The highest BCUT2D eigenvalue weighted by Crippen LogP contribution is 2.23. The molecule has 0 bridgehead atoms. The summed E-state index contributed by atoms with van der Waals surface area (Å²) in [6, 6.07) is 4.73. The highest BCUT2D eigenvalue weighted by Gasteiger charge is 2.19. The third-order valence-electron chi connectivity index (χ3n) is 4.04. The summed E-state index contributed by atoms with van der Waals surface area (Å²) >= 11 is 1.80. The van der Waals surface area contributed by atoms with Gasteiger partial charge in [-0.3, -0.25) is 4.57 Å². The van der Waals surface area contributed by atoms with Gasteiger partial charge in [0, 0.05) is 24.2 Å². The maximum Gasteiger partial charge on any atom is 0.160 e. The SMILES string of the molecule is Cc1nccn1-c1ccc(SCC2CCCCN2C)nn1. The second-order valence-corrected chi connectivity index (χ2v) is 6.56. The average molecular weight is 303 g/mol. The van der Waals surface area contributed by atoms with E-state index >= 15 is 0 Å². The van der Waals surface area contributed by atoms with Gasteiger partial charge in [0.1, 0.15) is 10.9 Å². The van der Waals surface area contributed by atoms with Crippen molar-refractivity contribution in [2.24, 2.45) is 0 Å². The third kappa shape index (κ3) is 3.44. The first-order valence-electron chi connectivity index (χ1n) is 7.41. The lowest BCUT2D eigenvalue weighted by Crippen LogP contribution is -2.37. The molecule has 0 aliphatic carbocycles. The van der Waals surface area contributed by atoms with Crippen LogP contribution in [0.2, 0.25) is 0 Å². The van der Waals surface area contributed by atoms with Crippen LogP contribution in [0.15, 0.2) is 29.6 Å². The van der Waals surface area contributed by atoms with Crippen molar-refractivity contribution in [2.75, 3.05) is 19.3 Å². The molecular formula is C15H21N5S. The van der Waals surface area contributed by atoms with E-state index in [1.165, 1.54) is 25.8 Å². The van der Waals surface area contributed by atoms with E-state index in [-0.39, 0.29) is 0 Å². The zero-order valence-corrected chi connectivity index (χ0v) is 13.4. The maximum absolute atomic E-state index is 4.33. The molecule has 6 heteroatoms. The van der Waals surface area contributed by atoms with Crippen molar-refractivity contribution < 1.29 is 0 Å². The zero-order chi connectivity index (χ0) is 14.7. The summed E-state index contributed by atoms with van der Waals surface area (Å²) in [5.74, 6) is 2.84. The van der Waals surface area contributed by atoms with Gasteiger partial charge in [-0.2, -0.15) is 0 Å². The van der Waals surface area contributed by atoms with Gasteiger partial charge in [0.05, 0.1) is 0 Å².